The minimum absolute atomic E-state index is 0.773. The molecule has 0 aromatic heterocycles. The standard InChI is InChI=1S/C17H21OP/c1-2-3-10-15-19(18,16-11-6-4-7-12-16)17-13-8-5-9-14-17/h4-9,11-14H,2-3,10,15H2,1H3. The second-order valence-electron chi connectivity index (χ2n) is 4.84. The molecule has 2 aromatic rings. The third-order valence-electron chi connectivity index (χ3n) is 3.42. The molecule has 0 radical (unpaired) electrons. The van der Waals surface area contributed by atoms with Crippen LogP contribution in [-0.4, -0.2) is 6.16 Å². The second-order valence-corrected chi connectivity index (χ2v) is 7.80. The summed E-state index contributed by atoms with van der Waals surface area (Å²) < 4.78 is 13.5. The van der Waals surface area contributed by atoms with Crippen LogP contribution in [0.1, 0.15) is 26.2 Å². The van der Waals surface area contributed by atoms with Gasteiger partial charge in [-0.3, -0.25) is 0 Å². The van der Waals surface area contributed by atoms with Crippen LogP contribution in [0.3, 0.4) is 0 Å². The lowest BCUT2D eigenvalue weighted by molar-refractivity contribution is 0.584. The maximum atomic E-state index is 13.5. The summed E-state index contributed by atoms with van der Waals surface area (Å²) in [6.07, 6.45) is 4.10. The molecule has 19 heavy (non-hydrogen) atoms. The highest BCUT2D eigenvalue weighted by Crippen LogP contribution is 2.44. The Hall–Kier alpha value is -1.33. The third kappa shape index (κ3) is 3.36. The van der Waals surface area contributed by atoms with Crippen molar-refractivity contribution in [2.45, 2.75) is 26.2 Å². The van der Waals surface area contributed by atoms with E-state index in [0.29, 0.717) is 0 Å². The molecule has 0 spiro atoms. The second kappa shape index (κ2) is 6.73. The average Bonchev–Trinajstić information content (AvgIpc) is 2.49. The van der Waals surface area contributed by atoms with Gasteiger partial charge in [-0.2, -0.15) is 0 Å². The summed E-state index contributed by atoms with van der Waals surface area (Å²) in [5.74, 6) is 0. The van der Waals surface area contributed by atoms with Crippen LogP contribution in [0.5, 0.6) is 0 Å². The van der Waals surface area contributed by atoms with Crippen LogP contribution < -0.4 is 10.6 Å². The summed E-state index contributed by atoms with van der Waals surface area (Å²) >= 11 is 0. The monoisotopic (exact) mass is 272 g/mol. The van der Waals surface area contributed by atoms with Crippen LogP contribution in [0.15, 0.2) is 60.7 Å². The van der Waals surface area contributed by atoms with Crippen molar-refractivity contribution >= 4 is 17.8 Å². The van der Waals surface area contributed by atoms with Gasteiger partial charge >= 0.3 is 0 Å². The predicted octanol–water partition coefficient (Wildman–Crippen LogP) is 4.19. The lowest BCUT2D eigenvalue weighted by atomic mass is 10.3. The Morgan fingerprint density at radius 3 is 1.68 bits per heavy atom. The zero-order chi connectivity index (χ0) is 13.6. The van der Waals surface area contributed by atoms with Crippen LogP contribution in [0, 0.1) is 0 Å². The normalized spacial score (nSPS) is 11.4. The van der Waals surface area contributed by atoms with Gasteiger partial charge in [0, 0.05) is 16.8 Å². The maximum Gasteiger partial charge on any atom is 0.143 e. The molecule has 0 unspecified atom stereocenters. The minimum Gasteiger partial charge on any atom is -0.314 e. The van der Waals surface area contributed by atoms with Crippen LogP contribution in [-0.2, 0) is 4.57 Å². The molecule has 0 bridgehead atoms. The van der Waals surface area contributed by atoms with E-state index in [4.69, 9.17) is 0 Å². The van der Waals surface area contributed by atoms with Crippen molar-refractivity contribution in [3.8, 4) is 0 Å². The van der Waals surface area contributed by atoms with Gasteiger partial charge in [0.25, 0.3) is 0 Å². The molecule has 0 aliphatic carbocycles. The summed E-state index contributed by atoms with van der Waals surface area (Å²) in [5.41, 5.74) is 0. The molecule has 2 aromatic carbocycles. The minimum atomic E-state index is -2.45. The Bertz CT molecular complexity index is 490. The third-order valence-corrected chi connectivity index (χ3v) is 6.63. The summed E-state index contributed by atoms with van der Waals surface area (Å²) in [6.45, 7) is 2.18. The molecule has 0 amide bonds. The van der Waals surface area contributed by atoms with E-state index in [9.17, 15) is 4.57 Å². The van der Waals surface area contributed by atoms with E-state index < -0.39 is 7.14 Å². The average molecular weight is 272 g/mol. The fraction of sp³-hybridized carbons (Fsp3) is 0.294. The van der Waals surface area contributed by atoms with Crippen molar-refractivity contribution in [3.05, 3.63) is 60.7 Å². The molecule has 1 nitrogen and oxygen atoms in total. The Balaban J connectivity index is 2.36. The van der Waals surface area contributed by atoms with Gasteiger partial charge in [-0.1, -0.05) is 80.4 Å². The van der Waals surface area contributed by atoms with E-state index in [1.807, 2.05) is 60.7 Å². The van der Waals surface area contributed by atoms with E-state index in [1.54, 1.807) is 0 Å². The number of hydrogen-bond acceptors (Lipinski definition) is 1. The van der Waals surface area contributed by atoms with Gasteiger partial charge in [0.2, 0.25) is 0 Å². The molecule has 0 N–H and O–H groups in total. The van der Waals surface area contributed by atoms with Crippen LogP contribution in [0.2, 0.25) is 0 Å². The molecule has 0 aliphatic heterocycles. The first-order valence-electron chi connectivity index (χ1n) is 6.97. The van der Waals surface area contributed by atoms with Gasteiger partial charge < -0.3 is 4.57 Å². The van der Waals surface area contributed by atoms with E-state index in [-0.39, 0.29) is 0 Å². The summed E-state index contributed by atoms with van der Waals surface area (Å²) in [7, 11) is -2.45. The van der Waals surface area contributed by atoms with Crippen LogP contribution >= 0.6 is 7.14 Å². The lowest BCUT2D eigenvalue weighted by Crippen LogP contribution is -2.18. The molecule has 0 aliphatic rings. The van der Waals surface area contributed by atoms with Crippen molar-refractivity contribution in [2.75, 3.05) is 6.16 Å². The van der Waals surface area contributed by atoms with Crippen molar-refractivity contribution in [2.24, 2.45) is 0 Å². The highest BCUT2D eigenvalue weighted by molar-refractivity contribution is 7.78. The Morgan fingerprint density at radius 1 is 0.789 bits per heavy atom. The molecule has 0 atom stereocenters. The Labute approximate surface area is 116 Å². The van der Waals surface area contributed by atoms with E-state index >= 15 is 0 Å². The van der Waals surface area contributed by atoms with Crippen molar-refractivity contribution < 1.29 is 4.57 Å². The maximum absolute atomic E-state index is 13.5. The summed E-state index contributed by atoms with van der Waals surface area (Å²) in [4.78, 5) is 0. The first kappa shape index (κ1) is 14.1. The van der Waals surface area contributed by atoms with Crippen molar-refractivity contribution in [1.29, 1.82) is 0 Å². The van der Waals surface area contributed by atoms with Crippen LogP contribution in [0.25, 0.3) is 0 Å². The van der Waals surface area contributed by atoms with Crippen molar-refractivity contribution in [3.63, 3.8) is 0 Å². The van der Waals surface area contributed by atoms with Gasteiger partial charge in [0.05, 0.1) is 0 Å². The first-order chi connectivity index (χ1) is 9.27. The van der Waals surface area contributed by atoms with Gasteiger partial charge in [-0.15, -0.1) is 0 Å². The van der Waals surface area contributed by atoms with Gasteiger partial charge in [0.15, 0.2) is 0 Å². The summed E-state index contributed by atoms with van der Waals surface area (Å²) in [5, 5.41) is 1.97. The molecule has 100 valence electrons. The molecule has 2 rings (SSSR count). The zero-order valence-electron chi connectivity index (χ0n) is 11.5. The molecule has 0 saturated heterocycles. The van der Waals surface area contributed by atoms with E-state index in [2.05, 4.69) is 6.92 Å². The number of benzene rings is 2. The lowest BCUT2D eigenvalue weighted by Gasteiger charge is -2.19. The largest absolute Gasteiger partial charge is 0.314 e. The molecular formula is C17H21OP. The highest BCUT2D eigenvalue weighted by Gasteiger charge is 2.25. The molecular weight excluding hydrogens is 251 g/mol. The Morgan fingerprint density at radius 2 is 1.26 bits per heavy atom. The molecule has 0 saturated carbocycles. The smallest absolute Gasteiger partial charge is 0.143 e. The summed E-state index contributed by atoms with van der Waals surface area (Å²) in [6, 6.07) is 19.9. The fourth-order valence-corrected chi connectivity index (χ4v) is 5.12. The van der Waals surface area contributed by atoms with E-state index in [0.717, 1.165) is 36.0 Å². The van der Waals surface area contributed by atoms with Gasteiger partial charge in [0.1, 0.15) is 7.14 Å². The SMILES string of the molecule is CCCCCP(=O)(c1ccccc1)c1ccccc1. The quantitative estimate of drug-likeness (QED) is 0.569. The van der Waals surface area contributed by atoms with Gasteiger partial charge in [-0.25, -0.2) is 0 Å². The molecule has 0 fully saturated rings. The van der Waals surface area contributed by atoms with E-state index in [1.165, 1.54) is 0 Å². The predicted molar refractivity (Wildman–Crippen MR) is 84.2 cm³/mol. The van der Waals surface area contributed by atoms with Gasteiger partial charge in [-0.05, 0) is 6.42 Å². The first-order valence-corrected chi connectivity index (χ1v) is 8.87. The molecule has 0 heterocycles. The van der Waals surface area contributed by atoms with Crippen molar-refractivity contribution in [1.82, 2.24) is 0 Å². The fourth-order valence-electron chi connectivity index (χ4n) is 2.33. The highest BCUT2D eigenvalue weighted by atomic mass is 31.2. The van der Waals surface area contributed by atoms with Crippen LogP contribution in [0.4, 0.5) is 0 Å². The number of rotatable bonds is 6. The Kier molecular flexibility index (Phi) is 4.99. The number of hydrogen-bond donors (Lipinski definition) is 0. The number of unbranched alkanes of at least 4 members (excludes halogenated alkanes) is 2. The topological polar surface area (TPSA) is 17.1 Å². The molecule has 2 heteroatoms. The zero-order valence-corrected chi connectivity index (χ0v) is 12.4.